The van der Waals surface area contributed by atoms with Crippen molar-refractivity contribution in [3.05, 3.63) is 63.7 Å². The molecule has 0 amide bonds. The average molecular weight is 371 g/mol. The molecule has 128 valence electrons. The van der Waals surface area contributed by atoms with Crippen LogP contribution in [0, 0.1) is 10.1 Å². The zero-order valence-electron chi connectivity index (χ0n) is 12.8. The van der Waals surface area contributed by atoms with E-state index in [-0.39, 0.29) is 23.1 Å². The summed E-state index contributed by atoms with van der Waals surface area (Å²) >= 11 is 5.70. The Morgan fingerprint density at radius 3 is 2.50 bits per heavy atom. The summed E-state index contributed by atoms with van der Waals surface area (Å²) in [5, 5.41) is 10.8. The van der Waals surface area contributed by atoms with Gasteiger partial charge in [0, 0.05) is 19.7 Å². The topological polar surface area (TPSA) is 89.8 Å². The molecule has 0 N–H and O–H groups in total. The van der Waals surface area contributed by atoms with Crippen LogP contribution in [-0.2, 0) is 10.0 Å². The molecule has 24 heavy (non-hydrogen) atoms. The molecule has 0 aliphatic heterocycles. The fraction of sp³-hybridized carbons (Fsp3) is 0.200. The standard InChI is InChI=1S/C15H15ClN2O5S/c1-17(9-10-23-12-5-3-2-4-6-12)24(21,22)13-7-8-14(16)15(11-13)18(19)20/h2-8,11H,9-10H2,1H3. The van der Waals surface area contributed by atoms with Gasteiger partial charge in [0.05, 0.1) is 9.82 Å². The van der Waals surface area contributed by atoms with E-state index >= 15 is 0 Å². The number of para-hydroxylation sites is 1. The minimum atomic E-state index is -3.88. The van der Waals surface area contributed by atoms with Crippen molar-refractivity contribution < 1.29 is 18.1 Å². The average Bonchev–Trinajstić information content (AvgIpc) is 2.55. The van der Waals surface area contributed by atoms with E-state index in [1.807, 2.05) is 18.2 Å². The molecule has 2 rings (SSSR count). The lowest BCUT2D eigenvalue weighted by Crippen LogP contribution is -2.31. The number of nitro groups is 1. The Labute approximate surface area is 144 Å². The molecule has 0 atom stereocenters. The molecule has 0 fully saturated rings. The Balaban J connectivity index is 2.09. The zero-order chi connectivity index (χ0) is 17.7. The highest BCUT2D eigenvalue weighted by molar-refractivity contribution is 7.89. The third-order valence-electron chi connectivity index (χ3n) is 3.24. The molecule has 0 heterocycles. The number of hydrogen-bond donors (Lipinski definition) is 0. The monoisotopic (exact) mass is 370 g/mol. The van der Waals surface area contributed by atoms with Gasteiger partial charge in [-0.2, -0.15) is 4.31 Å². The van der Waals surface area contributed by atoms with Gasteiger partial charge in [0.2, 0.25) is 10.0 Å². The van der Waals surface area contributed by atoms with Crippen molar-refractivity contribution in [1.29, 1.82) is 0 Å². The molecule has 0 unspecified atom stereocenters. The second-order valence-electron chi connectivity index (χ2n) is 4.86. The first-order valence-electron chi connectivity index (χ1n) is 6.90. The SMILES string of the molecule is CN(CCOc1ccccc1)S(=O)(=O)c1ccc(Cl)c([N+](=O)[O-])c1. The van der Waals surface area contributed by atoms with Gasteiger partial charge in [-0.15, -0.1) is 0 Å². The summed E-state index contributed by atoms with van der Waals surface area (Å²) in [5.74, 6) is 0.630. The maximum absolute atomic E-state index is 12.5. The Morgan fingerprint density at radius 2 is 1.88 bits per heavy atom. The quantitative estimate of drug-likeness (QED) is 0.552. The molecule has 9 heteroatoms. The summed E-state index contributed by atoms with van der Waals surface area (Å²) in [5.41, 5.74) is -0.452. The summed E-state index contributed by atoms with van der Waals surface area (Å²) in [4.78, 5) is 9.98. The molecule has 0 aliphatic rings. The number of hydrogen-bond acceptors (Lipinski definition) is 5. The van der Waals surface area contributed by atoms with E-state index in [1.54, 1.807) is 12.1 Å². The molecule has 0 aliphatic carbocycles. The van der Waals surface area contributed by atoms with Crippen LogP contribution in [0.15, 0.2) is 53.4 Å². The number of halogens is 1. The van der Waals surface area contributed by atoms with Crippen LogP contribution in [0.4, 0.5) is 5.69 Å². The van der Waals surface area contributed by atoms with Crippen LogP contribution < -0.4 is 4.74 Å². The Morgan fingerprint density at radius 1 is 1.21 bits per heavy atom. The second-order valence-corrected chi connectivity index (χ2v) is 7.31. The molecular formula is C15H15ClN2O5S. The zero-order valence-corrected chi connectivity index (χ0v) is 14.3. The van der Waals surface area contributed by atoms with Gasteiger partial charge in [0.15, 0.2) is 0 Å². The highest BCUT2D eigenvalue weighted by atomic mass is 35.5. The van der Waals surface area contributed by atoms with Crippen LogP contribution in [0.1, 0.15) is 0 Å². The van der Waals surface area contributed by atoms with Gasteiger partial charge in [0.1, 0.15) is 17.4 Å². The normalized spacial score (nSPS) is 11.5. The van der Waals surface area contributed by atoms with Crippen molar-refractivity contribution in [2.45, 2.75) is 4.90 Å². The maximum Gasteiger partial charge on any atom is 0.289 e. The molecule has 0 saturated heterocycles. The van der Waals surface area contributed by atoms with Gasteiger partial charge >= 0.3 is 0 Å². The van der Waals surface area contributed by atoms with E-state index in [2.05, 4.69) is 0 Å². The van der Waals surface area contributed by atoms with Gasteiger partial charge < -0.3 is 4.74 Å². The Kier molecular flexibility index (Phi) is 5.76. The molecule has 2 aromatic carbocycles. The number of rotatable bonds is 7. The molecule has 0 spiro atoms. The van der Waals surface area contributed by atoms with Crippen LogP contribution in [0.5, 0.6) is 5.75 Å². The minimum absolute atomic E-state index is 0.0909. The van der Waals surface area contributed by atoms with Crippen LogP contribution in [0.3, 0.4) is 0 Å². The maximum atomic E-state index is 12.5. The summed E-state index contributed by atoms with van der Waals surface area (Å²) in [7, 11) is -2.50. The Hall–Kier alpha value is -2.16. The largest absolute Gasteiger partial charge is 0.492 e. The van der Waals surface area contributed by atoms with Crippen molar-refractivity contribution >= 4 is 27.3 Å². The lowest BCUT2D eigenvalue weighted by Gasteiger charge is -2.17. The Bertz CT molecular complexity index is 827. The number of ether oxygens (including phenoxy) is 1. The molecule has 0 saturated carbocycles. The number of sulfonamides is 1. The summed E-state index contributed by atoms with van der Waals surface area (Å²) in [6.07, 6.45) is 0. The van der Waals surface area contributed by atoms with Gasteiger partial charge in [-0.1, -0.05) is 29.8 Å². The second kappa shape index (κ2) is 7.61. The van der Waals surface area contributed by atoms with E-state index < -0.39 is 20.6 Å². The van der Waals surface area contributed by atoms with Crippen molar-refractivity contribution in [3.8, 4) is 5.75 Å². The molecular weight excluding hydrogens is 356 g/mol. The summed E-state index contributed by atoms with van der Waals surface area (Å²) in [6.45, 7) is 0.239. The van der Waals surface area contributed by atoms with Gasteiger partial charge in [-0.05, 0) is 24.3 Å². The van der Waals surface area contributed by atoms with Gasteiger partial charge in [-0.3, -0.25) is 10.1 Å². The molecule has 0 bridgehead atoms. The van der Waals surface area contributed by atoms with Crippen molar-refractivity contribution in [3.63, 3.8) is 0 Å². The predicted octanol–water partition coefficient (Wildman–Crippen LogP) is 2.95. The van der Waals surface area contributed by atoms with E-state index in [1.165, 1.54) is 19.2 Å². The fourth-order valence-electron chi connectivity index (χ4n) is 1.90. The third kappa shape index (κ3) is 4.22. The number of nitrogens with zero attached hydrogens (tertiary/aromatic N) is 2. The van der Waals surface area contributed by atoms with Crippen molar-refractivity contribution in [2.75, 3.05) is 20.2 Å². The first-order valence-corrected chi connectivity index (χ1v) is 8.72. The highest BCUT2D eigenvalue weighted by Gasteiger charge is 2.24. The van der Waals surface area contributed by atoms with Gasteiger partial charge in [-0.25, -0.2) is 8.42 Å². The lowest BCUT2D eigenvalue weighted by molar-refractivity contribution is -0.384. The molecule has 7 nitrogen and oxygen atoms in total. The van der Waals surface area contributed by atoms with E-state index in [9.17, 15) is 18.5 Å². The number of nitro benzene ring substituents is 1. The molecule has 2 aromatic rings. The summed E-state index contributed by atoms with van der Waals surface area (Å²) in [6, 6.07) is 12.4. The molecule has 0 radical (unpaired) electrons. The minimum Gasteiger partial charge on any atom is -0.492 e. The van der Waals surface area contributed by atoms with Crippen LogP contribution in [0.25, 0.3) is 0 Å². The van der Waals surface area contributed by atoms with Crippen LogP contribution in [0.2, 0.25) is 5.02 Å². The smallest absolute Gasteiger partial charge is 0.289 e. The van der Waals surface area contributed by atoms with Gasteiger partial charge in [0.25, 0.3) is 5.69 Å². The van der Waals surface area contributed by atoms with Crippen molar-refractivity contribution in [1.82, 2.24) is 4.31 Å². The van der Waals surface area contributed by atoms with Crippen LogP contribution >= 0.6 is 11.6 Å². The van der Waals surface area contributed by atoms with E-state index in [0.29, 0.717) is 5.75 Å². The highest BCUT2D eigenvalue weighted by Crippen LogP contribution is 2.28. The lowest BCUT2D eigenvalue weighted by atomic mass is 10.3. The third-order valence-corrected chi connectivity index (χ3v) is 5.41. The molecule has 0 aromatic heterocycles. The first-order chi connectivity index (χ1) is 11.3. The van der Waals surface area contributed by atoms with Crippen LogP contribution in [-0.4, -0.2) is 37.8 Å². The van der Waals surface area contributed by atoms with E-state index in [4.69, 9.17) is 16.3 Å². The predicted molar refractivity (Wildman–Crippen MR) is 89.9 cm³/mol. The summed E-state index contributed by atoms with van der Waals surface area (Å²) < 4.78 is 31.5. The number of likely N-dealkylation sites (N-methyl/N-ethyl adjacent to an activating group) is 1. The number of benzene rings is 2. The van der Waals surface area contributed by atoms with Crippen molar-refractivity contribution in [2.24, 2.45) is 0 Å². The first kappa shape index (κ1) is 18.2. The fourth-order valence-corrected chi connectivity index (χ4v) is 3.26. The van der Waals surface area contributed by atoms with E-state index in [0.717, 1.165) is 10.4 Å².